The van der Waals surface area contributed by atoms with E-state index in [0.717, 1.165) is 29.5 Å². The number of hydrogen-bond donors (Lipinski definition) is 1. The van der Waals surface area contributed by atoms with E-state index < -0.39 is 11.5 Å². The number of aromatic carboxylic acids is 1. The topological polar surface area (TPSA) is 93.8 Å². The lowest BCUT2D eigenvalue weighted by molar-refractivity contribution is -0.137. The molecule has 1 saturated carbocycles. The van der Waals surface area contributed by atoms with Crippen LogP contribution in [0.5, 0.6) is 0 Å². The van der Waals surface area contributed by atoms with Crippen LogP contribution in [0.2, 0.25) is 5.02 Å². The maximum Gasteiger partial charge on any atom is 0.335 e. The second-order valence-electron chi connectivity index (χ2n) is 10.4. The molecular formula is C30H28ClN3O5. The Labute approximate surface area is 230 Å². The molecular weight excluding hydrogens is 518 g/mol. The molecule has 9 heteroatoms. The average Bonchev–Trinajstić information content (AvgIpc) is 3.67. The Bertz CT molecular complexity index is 1650. The van der Waals surface area contributed by atoms with Crippen LogP contribution in [0, 0.1) is 0 Å². The van der Waals surface area contributed by atoms with E-state index >= 15 is 0 Å². The molecule has 1 aliphatic carbocycles. The van der Waals surface area contributed by atoms with Crippen molar-refractivity contribution in [2.45, 2.75) is 37.8 Å². The summed E-state index contributed by atoms with van der Waals surface area (Å²) < 4.78 is 8.95. The van der Waals surface area contributed by atoms with Crippen molar-refractivity contribution in [3.8, 4) is 5.69 Å². The first-order valence-electron chi connectivity index (χ1n) is 13.0. The fourth-order valence-corrected chi connectivity index (χ4v) is 5.80. The normalized spacial score (nSPS) is 18.3. The number of fused-ring (bicyclic) bond motifs is 1. The number of nitrogens with zero attached hydrogens (tertiary/aromatic N) is 3. The van der Waals surface area contributed by atoms with Gasteiger partial charge in [-0.1, -0.05) is 35.9 Å². The Morgan fingerprint density at radius 1 is 1.05 bits per heavy atom. The number of rotatable bonds is 6. The Hall–Kier alpha value is -3.88. The molecule has 0 radical (unpaired) electrons. The largest absolute Gasteiger partial charge is 0.478 e. The third-order valence-electron chi connectivity index (χ3n) is 7.74. The van der Waals surface area contributed by atoms with Crippen LogP contribution in [-0.4, -0.2) is 56.8 Å². The molecule has 1 aromatic heterocycles. The zero-order valence-corrected chi connectivity index (χ0v) is 22.2. The number of amides is 1. The molecule has 200 valence electrons. The highest BCUT2D eigenvalue weighted by Gasteiger charge is 2.49. The number of halogens is 1. The third-order valence-corrected chi connectivity index (χ3v) is 7.98. The minimum absolute atomic E-state index is 0.0301. The quantitative estimate of drug-likeness (QED) is 0.386. The van der Waals surface area contributed by atoms with E-state index in [4.69, 9.17) is 16.3 Å². The van der Waals surface area contributed by atoms with Crippen LogP contribution in [0.3, 0.4) is 0 Å². The summed E-state index contributed by atoms with van der Waals surface area (Å²) in [6.07, 6.45) is 1.75. The lowest BCUT2D eigenvalue weighted by atomic mass is 10.0. The number of carboxylic acids is 1. The van der Waals surface area contributed by atoms with Gasteiger partial charge in [0.15, 0.2) is 0 Å². The number of benzene rings is 3. The molecule has 4 aromatic rings. The summed E-state index contributed by atoms with van der Waals surface area (Å²) in [5.74, 6) is -0.950. The predicted octanol–water partition coefficient (Wildman–Crippen LogP) is 4.47. The predicted molar refractivity (Wildman–Crippen MR) is 148 cm³/mol. The molecule has 1 saturated heterocycles. The fourth-order valence-electron chi connectivity index (χ4n) is 5.63. The molecule has 6 rings (SSSR count). The van der Waals surface area contributed by atoms with Gasteiger partial charge in [0, 0.05) is 18.1 Å². The van der Waals surface area contributed by atoms with Crippen molar-refractivity contribution in [3.63, 3.8) is 0 Å². The van der Waals surface area contributed by atoms with Gasteiger partial charge in [-0.25, -0.2) is 9.59 Å². The molecule has 0 bridgehead atoms. The first-order chi connectivity index (χ1) is 18.8. The van der Waals surface area contributed by atoms with Crippen molar-refractivity contribution >= 4 is 34.5 Å². The van der Waals surface area contributed by atoms with E-state index in [2.05, 4.69) is 0 Å². The highest BCUT2D eigenvalue weighted by Crippen LogP contribution is 2.50. The van der Waals surface area contributed by atoms with E-state index in [-0.39, 0.29) is 29.7 Å². The van der Waals surface area contributed by atoms with Crippen molar-refractivity contribution in [2.75, 3.05) is 19.7 Å². The summed E-state index contributed by atoms with van der Waals surface area (Å²) in [6, 6.07) is 19.6. The van der Waals surface area contributed by atoms with Crippen LogP contribution in [0.1, 0.15) is 41.3 Å². The van der Waals surface area contributed by atoms with Gasteiger partial charge in [0.25, 0.3) is 0 Å². The van der Waals surface area contributed by atoms with Crippen molar-refractivity contribution < 1.29 is 19.4 Å². The maximum absolute atomic E-state index is 14.1. The molecule has 1 N–H and O–H groups in total. The molecule has 0 spiro atoms. The van der Waals surface area contributed by atoms with Crippen LogP contribution < -0.4 is 5.69 Å². The van der Waals surface area contributed by atoms with Gasteiger partial charge in [0.1, 0.15) is 0 Å². The monoisotopic (exact) mass is 545 g/mol. The summed E-state index contributed by atoms with van der Waals surface area (Å²) in [4.78, 5) is 40.3. The average molecular weight is 546 g/mol. The highest BCUT2D eigenvalue weighted by molar-refractivity contribution is 6.31. The van der Waals surface area contributed by atoms with Crippen molar-refractivity contribution in [2.24, 2.45) is 0 Å². The van der Waals surface area contributed by atoms with Gasteiger partial charge < -0.3 is 14.7 Å². The van der Waals surface area contributed by atoms with E-state index in [1.165, 1.54) is 0 Å². The molecule has 2 fully saturated rings. The second-order valence-corrected chi connectivity index (χ2v) is 10.8. The molecule has 1 amide bonds. The molecule has 0 unspecified atom stereocenters. The Balaban J connectivity index is 1.38. The minimum atomic E-state index is -1.00. The van der Waals surface area contributed by atoms with Gasteiger partial charge >= 0.3 is 11.7 Å². The van der Waals surface area contributed by atoms with Gasteiger partial charge in [-0.05, 0) is 73.4 Å². The van der Waals surface area contributed by atoms with Crippen LogP contribution in [-0.2, 0) is 21.5 Å². The third kappa shape index (κ3) is 4.53. The van der Waals surface area contributed by atoms with E-state index in [0.29, 0.717) is 35.9 Å². The number of hydrogen-bond acceptors (Lipinski definition) is 4. The molecule has 1 aliphatic heterocycles. The first kappa shape index (κ1) is 25.4. The summed E-state index contributed by atoms with van der Waals surface area (Å²) in [5.41, 5.74) is 3.06. The number of carbonyl (C=O) groups excluding carboxylic acids is 1. The lowest BCUT2D eigenvalue weighted by Crippen LogP contribution is -2.45. The fraction of sp³-hybridized carbons (Fsp3) is 0.300. The van der Waals surface area contributed by atoms with Crippen molar-refractivity contribution in [3.05, 3.63) is 98.9 Å². The first-order valence-corrected chi connectivity index (χ1v) is 13.4. The molecule has 3 aromatic carbocycles. The minimum Gasteiger partial charge on any atom is -0.478 e. The van der Waals surface area contributed by atoms with Gasteiger partial charge in [0.2, 0.25) is 5.91 Å². The number of carboxylic acid groups (broad SMARTS) is 1. The van der Waals surface area contributed by atoms with Gasteiger partial charge in [0.05, 0.1) is 47.0 Å². The van der Waals surface area contributed by atoms with Crippen LogP contribution >= 0.6 is 11.6 Å². The molecule has 2 heterocycles. The Morgan fingerprint density at radius 3 is 2.51 bits per heavy atom. The smallest absolute Gasteiger partial charge is 0.335 e. The highest BCUT2D eigenvalue weighted by atomic mass is 35.5. The van der Waals surface area contributed by atoms with E-state index in [1.807, 2.05) is 48.2 Å². The van der Waals surface area contributed by atoms with Gasteiger partial charge in [-0.15, -0.1) is 0 Å². The number of morpholine rings is 1. The van der Waals surface area contributed by atoms with Crippen molar-refractivity contribution in [1.29, 1.82) is 0 Å². The lowest BCUT2D eigenvalue weighted by Gasteiger charge is -2.31. The Morgan fingerprint density at radius 2 is 1.82 bits per heavy atom. The molecule has 1 atom stereocenters. The molecule has 39 heavy (non-hydrogen) atoms. The zero-order valence-electron chi connectivity index (χ0n) is 21.5. The van der Waals surface area contributed by atoms with Crippen molar-refractivity contribution in [1.82, 2.24) is 14.0 Å². The number of imidazole rings is 1. The van der Waals surface area contributed by atoms with Crippen LogP contribution in [0.25, 0.3) is 16.7 Å². The van der Waals surface area contributed by atoms with E-state index in [1.54, 1.807) is 39.5 Å². The number of ether oxygens (including phenoxy) is 1. The summed E-state index contributed by atoms with van der Waals surface area (Å²) >= 11 is 6.37. The summed E-state index contributed by atoms with van der Waals surface area (Å²) in [5, 5.41) is 10.0. The number of aromatic nitrogens is 2. The van der Waals surface area contributed by atoms with Crippen LogP contribution in [0.15, 0.2) is 71.5 Å². The van der Waals surface area contributed by atoms with Crippen LogP contribution in [0.4, 0.5) is 0 Å². The second kappa shape index (κ2) is 9.70. The summed E-state index contributed by atoms with van der Waals surface area (Å²) in [6.45, 7) is 3.69. The molecule has 8 nitrogen and oxygen atoms in total. The zero-order chi connectivity index (χ0) is 27.3. The summed E-state index contributed by atoms with van der Waals surface area (Å²) in [7, 11) is 0. The maximum atomic E-state index is 14.1. The van der Waals surface area contributed by atoms with Gasteiger partial charge in [-0.2, -0.15) is 0 Å². The SMILES string of the molecule is C[C@@H]1CN(C(=O)Cc2ccc(-n3c(=O)n(C4(c5cccc(C(=O)O)c5)CC4)c4ccc(Cl)cc43)cc2)CCO1. The van der Waals surface area contributed by atoms with E-state index in [9.17, 15) is 19.5 Å². The van der Waals surface area contributed by atoms with Gasteiger partial charge in [-0.3, -0.25) is 13.9 Å². The molecule has 2 aliphatic rings. The standard InChI is InChI=1S/C30H28ClN3O5/c1-19-18-32(13-14-39-19)27(35)15-20-5-8-24(9-6-20)33-26-17-23(31)7-10-25(26)34(29(33)38)30(11-12-30)22-4-2-3-21(16-22)28(36)37/h2-10,16-17,19H,11-15,18H2,1H3,(H,36,37)/t19-/m1/s1. The Kier molecular flexibility index (Phi) is 6.32. The number of carbonyl (C=O) groups is 2.